The highest BCUT2D eigenvalue weighted by atomic mass is 32.1. The van der Waals surface area contributed by atoms with E-state index in [1.54, 1.807) is 0 Å². The number of rotatable bonds is 9. The Kier molecular flexibility index (Phi) is 7.41. The van der Waals surface area contributed by atoms with Crippen molar-refractivity contribution in [1.82, 2.24) is 10.6 Å². The molecule has 0 aliphatic heterocycles. The standard InChI is InChI=1S/C13H18N2O5S/c1-9(16)15-10(11-3-2-6-21-11)7-12(17)14-4-5-20-8-13(18)19/h2-3,6,10H,4-5,7-8H2,1H3,(H,14,17)(H,15,16)(H,18,19). The smallest absolute Gasteiger partial charge is 0.329 e. The summed E-state index contributed by atoms with van der Waals surface area (Å²) in [6.45, 7) is 1.36. The maximum Gasteiger partial charge on any atom is 0.329 e. The number of ether oxygens (including phenoxy) is 1. The monoisotopic (exact) mass is 314 g/mol. The molecule has 116 valence electrons. The highest BCUT2D eigenvalue weighted by Crippen LogP contribution is 2.21. The van der Waals surface area contributed by atoms with Crippen LogP contribution in [0, 0.1) is 0 Å². The van der Waals surface area contributed by atoms with Crippen LogP contribution in [0.4, 0.5) is 0 Å². The minimum absolute atomic E-state index is 0.124. The van der Waals surface area contributed by atoms with E-state index < -0.39 is 5.97 Å². The molecule has 1 aromatic heterocycles. The molecule has 0 spiro atoms. The van der Waals surface area contributed by atoms with Gasteiger partial charge in [0, 0.05) is 18.3 Å². The fourth-order valence-corrected chi connectivity index (χ4v) is 2.42. The summed E-state index contributed by atoms with van der Waals surface area (Å²) in [5.74, 6) is -1.49. The summed E-state index contributed by atoms with van der Waals surface area (Å²) in [4.78, 5) is 34.1. The van der Waals surface area contributed by atoms with Crippen molar-refractivity contribution in [3.05, 3.63) is 22.4 Å². The number of amides is 2. The third-order valence-electron chi connectivity index (χ3n) is 2.45. The van der Waals surface area contributed by atoms with Crippen LogP contribution in [-0.4, -0.2) is 42.6 Å². The molecule has 0 aromatic carbocycles. The number of carboxylic acids is 1. The number of carbonyl (C=O) groups excluding carboxylic acids is 2. The van der Waals surface area contributed by atoms with Crippen molar-refractivity contribution in [2.24, 2.45) is 0 Å². The van der Waals surface area contributed by atoms with Crippen LogP contribution in [-0.2, 0) is 19.1 Å². The van der Waals surface area contributed by atoms with Crippen molar-refractivity contribution >= 4 is 29.1 Å². The summed E-state index contributed by atoms with van der Waals surface area (Å²) < 4.78 is 4.81. The number of carbonyl (C=O) groups is 3. The SMILES string of the molecule is CC(=O)NC(CC(=O)NCCOCC(=O)O)c1cccs1. The third kappa shape index (κ3) is 7.42. The van der Waals surface area contributed by atoms with Gasteiger partial charge in [-0.25, -0.2) is 4.79 Å². The van der Waals surface area contributed by atoms with Crippen molar-refractivity contribution in [2.45, 2.75) is 19.4 Å². The van der Waals surface area contributed by atoms with Gasteiger partial charge in [-0.05, 0) is 11.4 Å². The van der Waals surface area contributed by atoms with Gasteiger partial charge in [0.05, 0.1) is 19.1 Å². The number of aliphatic carboxylic acids is 1. The van der Waals surface area contributed by atoms with Crippen LogP contribution in [0.3, 0.4) is 0 Å². The Balaban J connectivity index is 2.35. The molecule has 0 saturated carbocycles. The first-order valence-corrected chi connectivity index (χ1v) is 7.23. The van der Waals surface area contributed by atoms with Gasteiger partial charge in [0.2, 0.25) is 11.8 Å². The predicted octanol–water partition coefficient (Wildman–Crippen LogP) is 0.533. The lowest BCUT2D eigenvalue weighted by Gasteiger charge is -2.16. The molecule has 1 heterocycles. The topological polar surface area (TPSA) is 105 Å². The van der Waals surface area contributed by atoms with Crippen LogP contribution < -0.4 is 10.6 Å². The molecule has 3 N–H and O–H groups in total. The Bertz CT molecular complexity index is 475. The Morgan fingerprint density at radius 1 is 1.43 bits per heavy atom. The molecular weight excluding hydrogens is 296 g/mol. The second-order valence-corrected chi connectivity index (χ2v) is 5.25. The summed E-state index contributed by atoms with van der Waals surface area (Å²) in [6, 6.07) is 3.35. The highest BCUT2D eigenvalue weighted by molar-refractivity contribution is 7.10. The van der Waals surface area contributed by atoms with Gasteiger partial charge in [-0.15, -0.1) is 11.3 Å². The molecule has 8 heteroatoms. The molecule has 0 fully saturated rings. The van der Waals surface area contributed by atoms with E-state index in [-0.39, 0.29) is 44.0 Å². The molecule has 1 atom stereocenters. The average molecular weight is 314 g/mol. The summed E-state index contributed by atoms with van der Waals surface area (Å²) in [5, 5.41) is 15.6. The lowest BCUT2D eigenvalue weighted by atomic mass is 10.1. The molecule has 0 radical (unpaired) electrons. The largest absolute Gasteiger partial charge is 0.480 e. The average Bonchev–Trinajstić information content (AvgIpc) is 2.90. The zero-order valence-corrected chi connectivity index (χ0v) is 12.4. The Hall–Kier alpha value is -1.93. The first kappa shape index (κ1) is 17.1. The molecule has 21 heavy (non-hydrogen) atoms. The van der Waals surface area contributed by atoms with E-state index in [4.69, 9.17) is 9.84 Å². The number of hydrogen-bond donors (Lipinski definition) is 3. The minimum atomic E-state index is -1.05. The predicted molar refractivity (Wildman–Crippen MR) is 77.0 cm³/mol. The maximum absolute atomic E-state index is 11.8. The lowest BCUT2D eigenvalue weighted by molar-refractivity contribution is -0.142. The van der Waals surface area contributed by atoms with Gasteiger partial charge in [0.15, 0.2) is 0 Å². The molecule has 1 aromatic rings. The summed E-state index contributed by atoms with van der Waals surface area (Å²) in [7, 11) is 0. The lowest BCUT2D eigenvalue weighted by Crippen LogP contribution is -2.33. The molecule has 0 saturated heterocycles. The molecule has 1 rings (SSSR count). The van der Waals surface area contributed by atoms with Gasteiger partial charge in [0.25, 0.3) is 0 Å². The zero-order chi connectivity index (χ0) is 15.7. The van der Waals surface area contributed by atoms with Crippen LogP contribution in [0.1, 0.15) is 24.3 Å². The van der Waals surface area contributed by atoms with Crippen LogP contribution in [0.2, 0.25) is 0 Å². The zero-order valence-electron chi connectivity index (χ0n) is 11.6. The van der Waals surface area contributed by atoms with Gasteiger partial charge >= 0.3 is 5.97 Å². The van der Waals surface area contributed by atoms with Gasteiger partial charge in [-0.3, -0.25) is 9.59 Å². The normalized spacial score (nSPS) is 11.7. The molecule has 7 nitrogen and oxygen atoms in total. The van der Waals surface area contributed by atoms with Crippen LogP contribution in [0.25, 0.3) is 0 Å². The van der Waals surface area contributed by atoms with E-state index in [1.165, 1.54) is 18.3 Å². The molecule has 0 bridgehead atoms. The third-order valence-corrected chi connectivity index (χ3v) is 3.43. The Morgan fingerprint density at radius 3 is 2.76 bits per heavy atom. The van der Waals surface area contributed by atoms with Crippen molar-refractivity contribution in [2.75, 3.05) is 19.8 Å². The molecule has 2 amide bonds. The van der Waals surface area contributed by atoms with Crippen LogP contribution in [0.5, 0.6) is 0 Å². The summed E-state index contributed by atoms with van der Waals surface area (Å²) in [5.41, 5.74) is 0. The number of carboxylic acid groups (broad SMARTS) is 1. The molecular formula is C13H18N2O5S. The van der Waals surface area contributed by atoms with E-state index in [1.807, 2.05) is 17.5 Å². The highest BCUT2D eigenvalue weighted by Gasteiger charge is 2.17. The molecule has 0 aliphatic rings. The van der Waals surface area contributed by atoms with Crippen LogP contribution >= 0.6 is 11.3 Å². The molecule has 0 aliphatic carbocycles. The minimum Gasteiger partial charge on any atom is -0.480 e. The summed E-state index contributed by atoms with van der Waals surface area (Å²) in [6.07, 6.45) is 0.124. The quantitative estimate of drug-likeness (QED) is 0.577. The second-order valence-electron chi connectivity index (χ2n) is 4.27. The fourth-order valence-electron chi connectivity index (χ4n) is 1.64. The van der Waals surface area contributed by atoms with Crippen molar-refractivity contribution < 1.29 is 24.2 Å². The van der Waals surface area contributed by atoms with Gasteiger partial charge in [-0.1, -0.05) is 6.07 Å². The maximum atomic E-state index is 11.8. The Labute approximate surface area is 126 Å². The van der Waals surface area contributed by atoms with E-state index >= 15 is 0 Å². The number of hydrogen-bond acceptors (Lipinski definition) is 5. The van der Waals surface area contributed by atoms with Crippen molar-refractivity contribution in [3.8, 4) is 0 Å². The summed E-state index contributed by atoms with van der Waals surface area (Å²) >= 11 is 1.47. The van der Waals surface area contributed by atoms with Crippen molar-refractivity contribution in [3.63, 3.8) is 0 Å². The van der Waals surface area contributed by atoms with Gasteiger partial charge in [0.1, 0.15) is 6.61 Å². The first-order valence-electron chi connectivity index (χ1n) is 6.35. The fraction of sp³-hybridized carbons (Fsp3) is 0.462. The van der Waals surface area contributed by atoms with E-state index in [0.717, 1.165) is 4.88 Å². The number of nitrogens with one attached hydrogen (secondary N) is 2. The number of thiophene rings is 1. The van der Waals surface area contributed by atoms with Gasteiger partial charge < -0.3 is 20.5 Å². The Morgan fingerprint density at radius 2 is 2.19 bits per heavy atom. The van der Waals surface area contributed by atoms with E-state index in [9.17, 15) is 14.4 Å². The van der Waals surface area contributed by atoms with E-state index in [2.05, 4.69) is 10.6 Å². The second kappa shape index (κ2) is 9.09. The van der Waals surface area contributed by atoms with Crippen LogP contribution in [0.15, 0.2) is 17.5 Å². The van der Waals surface area contributed by atoms with Crippen molar-refractivity contribution in [1.29, 1.82) is 0 Å². The van der Waals surface area contributed by atoms with E-state index in [0.29, 0.717) is 0 Å². The first-order chi connectivity index (χ1) is 9.99. The molecule has 1 unspecified atom stereocenters. The van der Waals surface area contributed by atoms with Gasteiger partial charge in [-0.2, -0.15) is 0 Å².